The van der Waals surface area contributed by atoms with E-state index in [1.807, 2.05) is 30.3 Å². The van der Waals surface area contributed by atoms with Gasteiger partial charge in [0.25, 0.3) is 0 Å². The quantitative estimate of drug-likeness (QED) is 0.823. The van der Waals surface area contributed by atoms with E-state index in [0.29, 0.717) is 5.16 Å². The molecule has 0 saturated heterocycles. The molecule has 0 saturated carbocycles. The van der Waals surface area contributed by atoms with Gasteiger partial charge in [-0.05, 0) is 5.56 Å². The molecule has 1 aromatic heterocycles. The zero-order valence-electron chi connectivity index (χ0n) is 9.28. The first-order valence-electron chi connectivity index (χ1n) is 5.03. The zero-order chi connectivity index (χ0) is 12.3. The Labute approximate surface area is 103 Å². The van der Waals surface area contributed by atoms with Gasteiger partial charge < -0.3 is 5.73 Å². The van der Waals surface area contributed by atoms with Gasteiger partial charge in [-0.3, -0.25) is 4.79 Å². The zero-order valence-corrected chi connectivity index (χ0v) is 10.1. The Bertz CT molecular complexity index is 511. The topological polar surface area (TPSA) is 73.8 Å². The van der Waals surface area contributed by atoms with Crippen molar-refractivity contribution in [2.75, 3.05) is 0 Å². The fraction of sp³-hybridized carbons (Fsp3) is 0.182. The van der Waals surface area contributed by atoms with E-state index >= 15 is 0 Å². The first kappa shape index (κ1) is 11.7. The number of aromatic nitrogens is 3. The molecule has 17 heavy (non-hydrogen) atoms. The van der Waals surface area contributed by atoms with Crippen LogP contribution in [0.3, 0.4) is 0 Å². The monoisotopic (exact) mass is 248 g/mol. The smallest absolute Gasteiger partial charge is 0.235 e. The average Bonchev–Trinajstić information content (AvgIpc) is 2.72. The van der Waals surface area contributed by atoms with Gasteiger partial charge in [0, 0.05) is 7.05 Å². The molecule has 0 aliphatic rings. The van der Waals surface area contributed by atoms with Gasteiger partial charge in [0.05, 0.1) is 0 Å². The van der Waals surface area contributed by atoms with Gasteiger partial charge in [0.2, 0.25) is 5.91 Å². The predicted octanol–water partition coefficient (Wildman–Crippen LogP) is 1.13. The number of nitrogens with zero attached hydrogens (tertiary/aromatic N) is 3. The van der Waals surface area contributed by atoms with Gasteiger partial charge >= 0.3 is 0 Å². The van der Waals surface area contributed by atoms with Crippen molar-refractivity contribution in [1.29, 1.82) is 0 Å². The molecule has 0 unspecified atom stereocenters. The molecule has 2 aromatic rings. The summed E-state index contributed by atoms with van der Waals surface area (Å²) in [5, 5.41) is 4.17. The van der Waals surface area contributed by atoms with E-state index in [-0.39, 0.29) is 5.91 Å². The first-order chi connectivity index (χ1) is 8.18. The Morgan fingerprint density at radius 2 is 2.12 bits per heavy atom. The number of carbonyl (C=O) groups is 1. The largest absolute Gasteiger partial charge is 0.368 e. The minimum absolute atomic E-state index is 0.385. The highest BCUT2D eigenvalue weighted by Crippen LogP contribution is 2.33. The summed E-state index contributed by atoms with van der Waals surface area (Å²) in [6, 6.07) is 9.40. The summed E-state index contributed by atoms with van der Waals surface area (Å²) < 4.78 is 1.61. The average molecular weight is 248 g/mol. The summed E-state index contributed by atoms with van der Waals surface area (Å²) in [7, 11) is 1.78. The Morgan fingerprint density at radius 1 is 1.41 bits per heavy atom. The third-order valence-electron chi connectivity index (χ3n) is 2.25. The number of thioether (sulfide) groups is 1. The van der Waals surface area contributed by atoms with E-state index in [0.717, 1.165) is 5.56 Å². The van der Waals surface area contributed by atoms with Crippen LogP contribution < -0.4 is 5.73 Å². The van der Waals surface area contributed by atoms with E-state index in [9.17, 15) is 4.79 Å². The number of hydrogen-bond donors (Lipinski definition) is 1. The van der Waals surface area contributed by atoms with Crippen molar-refractivity contribution < 1.29 is 4.79 Å². The summed E-state index contributed by atoms with van der Waals surface area (Å²) in [5.74, 6) is -0.385. The van der Waals surface area contributed by atoms with Crippen LogP contribution in [-0.4, -0.2) is 20.7 Å². The summed E-state index contributed by atoms with van der Waals surface area (Å²) in [5.41, 5.74) is 6.29. The number of rotatable bonds is 4. The normalized spacial score (nSPS) is 12.3. The minimum atomic E-state index is -0.445. The number of aryl methyl sites for hydroxylation is 1. The highest BCUT2D eigenvalue weighted by molar-refractivity contribution is 8.00. The van der Waals surface area contributed by atoms with Gasteiger partial charge in [0.1, 0.15) is 11.6 Å². The molecule has 0 spiro atoms. The van der Waals surface area contributed by atoms with E-state index in [4.69, 9.17) is 5.73 Å². The van der Waals surface area contributed by atoms with Crippen molar-refractivity contribution in [3.8, 4) is 0 Å². The van der Waals surface area contributed by atoms with Crippen molar-refractivity contribution in [1.82, 2.24) is 14.8 Å². The molecule has 2 N–H and O–H groups in total. The maximum atomic E-state index is 11.5. The van der Waals surface area contributed by atoms with Crippen LogP contribution in [0.5, 0.6) is 0 Å². The molecule has 0 radical (unpaired) electrons. The second-order valence-electron chi connectivity index (χ2n) is 3.48. The molecule has 0 bridgehead atoms. The number of carbonyl (C=O) groups excluding carboxylic acids is 1. The third kappa shape index (κ3) is 2.65. The highest BCUT2D eigenvalue weighted by Gasteiger charge is 2.21. The SMILES string of the molecule is Cn1ncnc1S[C@@H](C(N)=O)c1ccccc1. The molecule has 1 atom stereocenters. The van der Waals surface area contributed by atoms with Crippen LogP contribution in [0.1, 0.15) is 10.8 Å². The highest BCUT2D eigenvalue weighted by atomic mass is 32.2. The van der Waals surface area contributed by atoms with Crippen LogP contribution in [0.25, 0.3) is 0 Å². The van der Waals surface area contributed by atoms with Crippen LogP contribution in [0.4, 0.5) is 0 Å². The predicted molar refractivity (Wildman–Crippen MR) is 65.2 cm³/mol. The summed E-state index contributed by atoms with van der Waals surface area (Å²) >= 11 is 1.30. The fourth-order valence-electron chi connectivity index (χ4n) is 1.42. The van der Waals surface area contributed by atoms with Crippen molar-refractivity contribution in [2.24, 2.45) is 12.8 Å². The molecule has 2 rings (SSSR count). The second-order valence-corrected chi connectivity index (χ2v) is 4.55. The molecule has 1 heterocycles. The maximum Gasteiger partial charge on any atom is 0.235 e. The van der Waals surface area contributed by atoms with Crippen LogP contribution in [-0.2, 0) is 11.8 Å². The van der Waals surface area contributed by atoms with Crippen molar-refractivity contribution in [2.45, 2.75) is 10.4 Å². The molecule has 5 nitrogen and oxygen atoms in total. The van der Waals surface area contributed by atoms with E-state index < -0.39 is 5.25 Å². The number of hydrogen-bond acceptors (Lipinski definition) is 4. The molecular weight excluding hydrogens is 236 g/mol. The minimum Gasteiger partial charge on any atom is -0.368 e. The Kier molecular flexibility index (Phi) is 3.43. The molecule has 1 amide bonds. The summed E-state index contributed by atoms with van der Waals surface area (Å²) in [6.07, 6.45) is 1.45. The first-order valence-corrected chi connectivity index (χ1v) is 5.91. The Hall–Kier alpha value is -1.82. The lowest BCUT2D eigenvalue weighted by atomic mass is 10.1. The van der Waals surface area contributed by atoms with Crippen LogP contribution in [0.2, 0.25) is 0 Å². The third-order valence-corrected chi connectivity index (χ3v) is 3.57. The molecular formula is C11H12N4OS. The van der Waals surface area contributed by atoms with E-state index in [2.05, 4.69) is 10.1 Å². The lowest BCUT2D eigenvalue weighted by molar-refractivity contribution is -0.117. The molecule has 0 fully saturated rings. The fourth-order valence-corrected chi connectivity index (χ4v) is 2.34. The molecule has 1 aromatic carbocycles. The standard InChI is InChI=1S/C11H12N4OS/c1-15-11(13-7-14-15)17-9(10(12)16)8-5-3-2-4-6-8/h2-7,9H,1H3,(H2,12,16)/t9-/m1/s1. The Balaban J connectivity index is 2.26. The Morgan fingerprint density at radius 3 is 2.65 bits per heavy atom. The van der Waals surface area contributed by atoms with E-state index in [1.54, 1.807) is 11.7 Å². The van der Waals surface area contributed by atoms with Gasteiger partial charge in [0.15, 0.2) is 5.16 Å². The van der Waals surface area contributed by atoms with Crippen LogP contribution >= 0.6 is 11.8 Å². The molecule has 88 valence electrons. The van der Waals surface area contributed by atoms with Crippen molar-refractivity contribution in [3.63, 3.8) is 0 Å². The summed E-state index contributed by atoms with van der Waals surface area (Å²) in [6.45, 7) is 0. The lowest BCUT2D eigenvalue weighted by Crippen LogP contribution is -2.19. The van der Waals surface area contributed by atoms with Gasteiger partial charge in [-0.2, -0.15) is 5.10 Å². The van der Waals surface area contributed by atoms with Gasteiger partial charge in [-0.15, -0.1) is 0 Å². The number of amides is 1. The maximum absolute atomic E-state index is 11.5. The number of nitrogens with two attached hydrogens (primary N) is 1. The molecule has 0 aliphatic heterocycles. The van der Waals surface area contributed by atoms with Crippen LogP contribution in [0, 0.1) is 0 Å². The van der Waals surface area contributed by atoms with Crippen molar-refractivity contribution >= 4 is 17.7 Å². The van der Waals surface area contributed by atoms with Gasteiger partial charge in [-0.1, -0.05) is 42.1 Å². The molecule has 6 heteroatoms. The molecule has 0 aliphatic carbocycles. The summed E-state index contributed by atoms with van der Waals surface area (Å²) in [4.78, 5) is 15.6. The number of primary amides is 1. The van der Waals surface area contributed by atoms with E-state index in [1.165, 1.54) is 18.1 Å². The van der Waals surface area contributed by atoms with Crippen LogP contribution in [0.15, 0.2) is 41.8 Å². The van der Waals surface area contributed by atoms with Gasteiger partial charge in [-0.25, -0.2) is 9.67 Å². The lowest BCUT2D eigenvalue weighted by Gasteiger charge is -2.12. The number of benzene rings is 1. The van der Waals surface area contributed by atoms with Crippen molar-refractivity contribution in [3.05, 3.63) is 42.2 Å². The second kappa shape index (κ2) is 5.01.